The molecule has 0 saturated carbocycles. The summed E-state index contributed by atoms with van der Waals surface area (Å²) in [5.74, 6) is -1.71. The predicted molar refractivity (Wildman–Crippen MR) is 106 cm³/mol. The maximum atomic E-state index is 12.2. The Morgan fingerprint density at radius 3 is 2.52 bits per heavy atom. The Hall–Kier alpha value is -3.40. The lowest BCUT2D eigenvalue weighted by molar-refractivity contribution is -0.142. The molecule has 9 nitrogen and oxygen atoms in total. The molecule has 0 aliphatic carbocycles. The maximum Gasteiger partial charge on any atom is 0.341 e. The van der Waals surface area contributed by atoms with Gasteiger partial charge in [-0.15, -0.1) is 11.3 Å². The molecule has 0 spiro atoms. The molecule has 3 N–H and O–H groups in total. The monoisotopic (exact) mass is 420 g/mol. The van der Waals surface area contributed by atoms with Crippen LogP contribution in [0.15, 0.2) is 22.6 Å². The van der Waals surface area contributed by atoms with Crippen LogP contribution < -0.4 is 11.1 Å². The number of anilines is 1. The van der Waals surface area contributed by atoms with Crippen LogP contribution >= 0.6 is 11.3 Å². The molecule has 2 aromatic rings. The van der Waals surface area contributed by atoms with Gasteiger partial charge in [-0.25, -0.2) is 9.59 Å². The number of hydrogen-bond acceptors (Lipinski definition) is 8. The SMILES string of the molecule is CCOC(=O)c1c(NC(=O)COC(=O)/C=C/c2ccc(C)o2)sc(C(N)=O)c1C. The van der Waals surface area contributed by atoms with E-state index in [0.29, 0.717) is 17.1 Å². The van der Waals surface area contributed by atoms with Crippen molar-refractivity contribution in [3.05, 3.63) is 45.7 Å². The van der Waals surface area contributed by atoms with Crippen molar-refractivity contribution in [3.8, 4) is 0 Å². The molecule has 0 aromatic carbocycles. The molecule has 0 bridgehead atoms. The Bertz CT molecular complexity index is 971. The van der Waals surface area contributed by atoms with Gasteiger partial charge in [0.1, 0.15) is 16.5 Å². The van der Waals surface area contributed by atoms with Gasteiger partial charge in [-0.2, -0.15) is 0 Å². The van der Waals surface area contributed by atoms with Crippen molar-refractivity contribution < 1.29 is 33.1 Å². The molecule has 2 aromatic heterocycles. The van der Waals surface area contributed by atoms with Crippen molar-refractivity contribution in [3.63, 3.8) is 0 Å². The number of hydrogen-bond donors (Lipinski definition) is 2. The van der Waals surface area contributed by atoms with Crippen LogP contribution in [-0.2, 0) is 19.1 Å². The predicted octanol–water partition coefficient (Wildman–Crippen LogP) is 2.43. The molecule has 2 rings (SSSR count). The van der Waals surface area contributed by atoms with Crippen molar-refractivity contribution in [1.29, 1.82) is 0 Å². The van der Waals surface area contributed by atoms with Gasteiger partial charge in [0.25, 0.3) is 11.8 Å². The summed E-state index contributed by atoms with van der Waals surface area (Å²) < 4.78 is 15.1. The summed E-state index contributed by atoms with van der Waals surface area (Å²) in [6.07, 6.45) is 2.53. The quantitative estimate of drug-likeness (QED) is 0.494. The first kappa shape index (κ1) is 21.9. The van der Waals surface area contributed by atoms with E-state index in [1.165, 1.54) is 13.0 Å². The third kappa shape index (κ3) is 5.79. The third-order valence-electron chi connectivity index (χ3n) is 3.59. The molecule has 0 aliphatic heterocycles. The largest absolute Gasteiger partial charge is 0.462 e. The van der Waals surface area contributed by atoms with Crippen LogP contribution in [0.1, 0.15) is 44.0 Å². The minimum atomic E-state index is -0.750. The molecule has 2 heterocycles. The normalized spacial score (nSPS) is 10.7. The topological polar surface area (TPSA) is 138 Å². The van der Waals surface area contributed by atoms with E-state index in [9.17, 15) is 19.2 Å². The van der Waals surface area contributed by atoms with Gasteiger partial charge in [0.2, 0.25) is 0 Å². The van der Waals surface area contributed by atoms with Crippen LogP contribution in [0.3, 0.4) is 0 Å². The number of carbonyl (C=O) groups excluding carboxylic acids is 4. The maximum absolute atomic E-state index is 12.2. The number of aryl methyl sites for hydroxylation is 1. The third-order valence-corrected chi connectivity index (χ3v) is 4.82. The van der Waals surface area contributed by atoms with Crippen molar-refractivity contribution in [2.75, 3.05) is 18.5 Å². The summed E-state index contributed by atoms with van der Waals surface area (Å²) in [5.41, 5.74) is 5.66. The summed E-state index contributed by atoms with van der Waals surface area (Å²) in [7, 11) is 0. The first-order valence-electron chi connectivity index (χ1n) is 8.54. The van der Waals surface area contributed by atoms with Gasteiger partial charge in [-0.3, -0.25) is 9.59 Å². The van der Waals surface area contributed by atoms with Crippen LogP contribution in [0.5, 0.6) is 0 Å². The number of thiophene rings is 1. The highest BCUT2D eigenvalue weighted by Gasteiger charge is 2.25. The van der Waals surface area contributed by atoms with Crippen LogP contribution in [0.25, 0.3) is 6.08 Å². The molecule has 29 heavy (non-hydrogen) atoms. The smallest absolute Gasteiger partial charge is 0.341 e. The van der Waals surface area contributed by atoms with Crippen LogP contribution in [-0.4, -0.2) is 37.0 Å². The zero-order chi connectivity index (χ0) is 21.6. The Morgan fingerprint density at radius 2 is 1.93 bits per heavy atom. The number of primary amides is 1. The van der Waals surface area contributed by atoms with Crippen LogP contribution in [0, 0.1) is 13.8 Å². The van der Waals surface area contributed by atoms with Gasteiger partial charge in [-0.05, 0) is 44.5 Å². The molecular weight excluding hydrogens is 400 g/mol. The molecule has 0 fully saturated rings. The highest BCUT2D eigenvalue weighted by molar-refractivity contribution is 7.18. The zero-order valence-corrected chi connectivity index (χ0v) is 16.9. The van der Waals surface area contributed by atoms with E-state index >= 15 is 0 Å². The minimum absolute atomic E-state index is 0.0402. The van der Waals surface area contributed by atoms with Gasteiger partial charge < -0.3 is 24.9 Å². The van der Waals surface area contributed by atoms with Gasteiger partial charge in [0.05, 0.1) is 17.0 Å². The Labute approximate surface area is 170 Å². The summed E-state index contributed by atoms with van der Waals surface area (Å²) in [5, 5.41) is 2.54. The van der Waals surface area contributed by atoms with E-state index in [1.807, 2.05) is 0 Å². The summed E-state index contributed by atoms with van der Waals surface area (Å²) >= 11 is 0.847. The van der Waals surface area contributed by atoms with Crippen LogP contribution in [0.2, 0.25) is 0 Å². The molecule has 10 heteroatoms. The van der Waals surface area contributed by atoms with E-state index in [4.69, 9.17) is 19.6 Å². The van der Waals surface area contributed by atoms with Crippen molar-refractivity contribution in [2.45, 2.75) is 20.8 Å². The number of nitrogens with one attached hydrogen (secondary N) is 1. The molecule has 154 valence electrons. The first-order valence-corrected chi connectivity index (χ1v) is 9.36. The van der Waals surface area contributed by atoms with Crippen molar-refractivity contribution in [1.82, 2.24) is 0 Å². The second-order valence-corrected chi connectivity index (χ2v) is 6.80. The van der Waals surface area contributed by atoms with Crippen molar-refractivity contribution in [2.24, 2.45) is 5.73 Å². The average Bonchev–Trinajstić information content (AvgIpc) is 3.21. The number of furan rings is 1. The van der Waals surface area contributed by atoms with Gasteiger partial charge >= 0.3 is 11.9 Å². The molecular formula is C19H20N2O7S. The molecule has 2 amide bonds. The molecule has 0 radical (unpaired) electrons. The lowest BCUT2D eigenvalue weighted by Crippen LogP contribution is -2.21. The highest BCUT2D eigenvalue weighted by Crippen LogP contribution is 2.33. The second kappa shape index (κ2) is 9.69. The van der Waals surface area contributed by atoms with Gasteiger partial charge in [0, 0.05) is 6.08 Å². The Morgan fingerprint density at radius 1 is 1.21 bits per heavy atom. The minimum Gasteiger partial charge on any atom is -0.462 e. The van der Waals surface area contributed by atoms with Crippen LogP contribution in [0.4, 0.5) is 5.00 Å². The average molecular weight is 420 g/mol. The molecule has 0 saturated heterocycles. The molecule has 0 atom stereocenters. The summed E-state index contributed by atoms with van der Waals surface area (Å²) in [6.45, 7) is 4.45. The lowest BCUT2D eigenvalue weighted by atomic mass is 10.1. The first-order chi connectivity index (χ1) is 13.7. The van der Waals surface area contributed by atoms with E-state index in [2.05, 4.69) is 5.32 Å². The number of rotatable bonds is 8. The van der Waals surface area contributed by atoms with E-state index in [-0.39, 0.29) is 22.0 Å². The Kier molecular flexibility index (Phi) is 7.32. The number of amides is 2. The second-order valence-electron chi connectivity index (χ2n) is 5.78. The summed E-state index contributed by atoms with van der Waals surface area (Å²) in [6, 6.07) is 3.42. The number of ether oxygens (including phenoxy) is 2. The number of esters is 2. The van der Waals surface area contributed by atoms with Gasteiger partial charge in [-0.1, -0.05) is 0 Å². The number of nitrogens with two attached hydrogens (primary N) is 1. The van der Waals surface area contributed by atoms with Crippen molar-refractivity contribution >= 4 is 46.2 Å². The lowest BCUT2D eigenvalue weighted by Gasteiger charge is -2.07. The fourth-order valence-electron chi connectivity index (χ4n) is 2.33. The van der Waals surface area contributed by atoms with Gasteiger partial charge in [0.15, 0.2) is 6.61 Å². The number of carbonyl (C=O) groups is 4. The highest BCUT2D eigenvalue weighted by atomic mass is 32.1. The zero-order valence-electron chi connectivity index (χ0n) is 16.1. The fourth-order valence-corrected chi connectivity index (χ4v) is 3.39. The van der Waals surface area contributed by atoms with E-state index in [1.54, 1.807) is 26.0 Å². The molecule has 0 unspecified atom stereocenters. The standard InChI is InChI=1S/C19H20N2O7S/c1-4-26-19(25)15-11(3)16(17(20)24)29-18(15)21-13(22)9-27-14(23)8-7-12-6-5-10(2)28-12/h5-8H,4,9H2,1-3H3,(H2,20,24)(H,21,22)/b8-7+. The Balaban J connectivity index is 2.03. The summed E-state index contributed by atoms with van der Waals surface area (Å²) in [4.78, 5) is 47.7. The van der Waals surface area contributed by atoms with E-state index < -0.39 is 30.4 Å². The molecule has 0 aliphatic rings. The van der Waals surface area contributed by atoms with E-state index in [0.717, 1.165) is 17.4 Å². The fraction of sp³-hybridized carbons (Fsp3) is 0.263.